The highest BCUT2D eigenvalue weighted by atomic mass is 16.5. The van der Waals surface area contributed by atoms with Crippen LogP contribution in [0.2, 0.25) is 0 Å². The molecule has 0 N–H and O–H groups in total. The molecular weight excluding hydrogens is 240 g/mol. The molecule has 0 fully saturated rings. The summed E-state index contributed by atoms with van der Waals surface area (Å²) in [4.78, 5) is 16.3. The predicted octanol–water partition coefficient (Wildman–Crippen LogP) is 2.27. The number of ketones is 1. The van der Waals surface area contributed by atoms with Crippen molar-refractivity contribution in [1.29, 1.82) is 0 Å². The molecule has 0 aliphatic carbocycles. The standard InChI is InChI=1S/C15H18N2O2/c1-3-17-8-7-16-15(17)11-13(18)9-12-5-4-6-14(10-12)19-2/h4-8,10H,3,9,11H2,1-2H3. The Morgan fingerprint density at radius 1 is 1.37 bits per heavy atom. The number of methoxy groups -OCH3 is 1. The van der Waals surface area contributed by atoms with E-state index < -0.39 is 0 Å². The number of Topliss-reactive ketones (excluding diaryl/α,β-unsaturated/α-hetero) is 1. The van der Waals surface area contributed by atoms with Gasteiger partial charge in [0.05, 0.1) is 13.5 Å². The van der Waals surface area contributed by atoms with E-state index in [0.29, 0.717) is 12.8 Å². The maximum Gasteiger partial charge on any atom is 0.144 e. The van der Waals surface area contributed by atoms with Crippen LogP contribution in [0.15, 0.2) is 36.7 Å². The van der Waals surface area contributed by atoms with Crippen LogP contribution < -0.4 is 4.74 Å². The zero-order chi connectivity index (χ0) is 13.7. The van der Waals surface area contributed by atoms with Crippen molar-refractivity contribution in [3.05, 3.63) is 48.0 Å². The fraction of sp³-hybridized carbons (Fsp3) is 0.333. The third-order valence-corrected chi connectivity index (χ3v) is 3.03. The molecule has 1 aromatic heterocycles. The van der Waals surface area contributed by atoms with Crippen LogP contribution in [-0.2, 0) is 24.2 Å². The van der Waals surface area contributed by atoms with Crippen LogP contribution in [0.5, 0.6) is 5.75 Å². The lowest BCUT2D eigenvalue weighted by Crippen LogP contribution is -2.11. The van der Waals surface area contributed by atoms with Gasteiger partial charge in [0, 0.05) is 25.4 Å². The van der Waals surface area contributed by atoms with Crippen molar-refractivity contribution in [2.24, 2.45) is 0 Å². The lowest BCUT2D eigenvalue weighted by molar-refractivity contribution is -0.117. The molecule has 0 saturated heterocycles. The SMILES string of the molecule is CCn1ccnc1CC(=O)Cc1cccc(OC)c1. The largest absolute Gasteiger partial charge is 0.497 e. The number of nitrogens with zero attached hydrogens (tertiary/aromatic N) is 2. The average Bonchev–Trinajstić information content (AvgIpc) is 2.86. The molecule has 4 nitrogen and oxygen atoms in total. The Kier molecular flexibility index (Phi) is 4.34. The van der Waals surface area contributed by atoms with Crippen molar-refractivity contribution in [3.63, 3.8) is 0 Å². The van der Waals surface area contributed by atoms with Gasteiger partial charge < -0.3 is 9.30 Å². The summed E-state index contributed by atoms with van der Waals surface area (Å²) in [6.45, 7) is 2.87. The Morgan fingerprint density at radius 2 is 2.21 bits per heavy atom. The average molecular weight is 258 g/mol. The first-order chi connectivity index (χ1) is 9.22. The summed E-state index contributed by atoms with van der Waals surface area (Å²) in [7, 11) is 1.62. The first-order valence-corrected chi connectivity index (χ1v) is 6.37. The Bertz CT molecular complexity index is 561. The summed E-state index contributed by atoms with van der Waals surface area (Å²) in [5, 5.41) is 0. The summed E-state index contributed by atoms with van der Waals surface area (Å²) >= 11 is 0. The Hall–Kier alpha value is -2.10. The van der Waals surface area contributed by atoms with Gasteiger partial charge in [-0.3, -0.25) is 4.79 Å². The molecule has 0 bridgehead atoms. The van der Waals surface area contributed by atoms with E-state index in [1.54, 1.807) is 13.3 Å². The van der Waals surface area contributed by atoms with E-state index in [0.717, 1.165) is 23.7 Å². The molecule has 0 spiro atoms. The lowest BCUT2D eigenvalue weighted by Gasteiger charge is -2.05. The third kappa shape index (κ3) is 3.44. The van der Waals surface area contributed by atoms with Gasteiger partial charge in [0.15, 0.2) is 0 Å². The quantitative estimate of drug-likeness (QED) is 0.798. The minimum Gasteiger partial charge on any atom is -0.497 e. The van der Waals surface area contributed by atoms with E-state index in [2.05, 4.69) is 4.98 Å². The minimum atomic E-state index is 0.161. The molecule has 0 radical (unpaired) electrons. The van der Waals surface area contributed by atoms with Crippen LogP contribution in [0.25, 0.3) is 0 Å². The third-order valence-electron chi connectivity index (χ3n) is 3.03. The Balaban J connectivity index is 2.01. The van der Waals surface area contributed by atoms with Crippen molar-refractivity contribution in [3.8, 4) is 5.75 Å². The molecule has 0 unspecified atom stereocenters. The molecule has 2 rings (SSSR count). The molecule has 19 heavy (non-hydrogen) atoms. The van der Waals surface area contributed by atoms with Crippen LogP contribution in [0.1, 0.15) is 18.3 Å². The van der Waals surface area contributed by atoms with Crippen LogP contribution in [0, 0.1) is 0 Å². The van der Waals surface area contributed by atoms with Gasteiger partial charge in [0.2, 0.25) is 0 Å². The van der Waals surface area contributed by atoms with Crippen molar-refractivity contribution in [2.45, 2.75) is 26.3 Å². The van der Waals surface area contributed by atoms with Gasteiger partial charge in [-0.05, 0) is 24.6 Å². The Morgan fingerprint density at radius 3 is 2.95 bits per heavy atom. The second kappa shape index (κ2) is 6.18. The lowest BCUT2D eigenvalue weighted by atomic mass is 10.1. The van der Waals surface area contributed by atoms with Gasteiger partial charge in [-0.25, -0.2) is 4.98 Å². The molecule has 1 heterocycles. The number of aryl methyl sites for hydroxylation is 1. The molecule has 0 aliphatic heterocycles. The number of carbonyl (C=O) groups is 1. The topological polar surface area (TPSA) is 44.1 Å². The summed E-state index contributed by atoms with van der Waals surface area (Å²) in [5.74, 6) is 1.77. The number of hydrogen-bond acceptors (Lipinski definition) is 3. The van der Waals surface area contributed by atoms with E-state index in [4.69, 9.17) is 4.74 Å². The summed E-state index contributed by atoms with van der Waals surface area (Å²) < 4.78 is 7.14. The fourth-order valence-electron chi connectivity index (χ4n) is 2.04. The van der Waals surface area contributed by atoms with Gasteiger partial charge in [-0.1, -0.05) is 12.1 Å². The number of benzene rings is 1. The van der Waals surface area contributed by atoms with Gasteiger partial charge in [-0.15, -0.1) is 0 Å². The summed E-state index contributed by atoms with van der Waals surface area (Å²) in [6, 6.07) is 7.60. The number of carbonyl (C=O) groups excluding carboxylic acids is 1. The minimum absolute atomic E-state index is 0.161. The van der Waals surface area contributed by atoms with Gasteiger partial charge in [0.1, 0.15) is 17.4 Å². The first-order valence-electron chi connectivity index (χ1n) is 6.37. The van der Waals surface area contributed by atoms with Crippen molar-refractivity contribution >= 4 is 5.78 Å². The van der Waals surface area contributed by atoms with E-state index >= 15 is 0 Å². The number of ether oxygens (including phenoxy) is 1. The summed E-state index contributed by atoms with van der Waals surface area (Å²) in [5.41, 5.74) is 0.971. The van der Waals surface area contributed by atoms with Crippen LogP contribution in [0.3, 0.4) is 0 Å². The molecule has 4 heteroatoms. The van der Waals surface area contributed by atoms with Gasteiger partial charge in [-0.2, -0.15) is 0 Å². The van der Waals surface area contributed by atoms with Crippen molar-refractivity contribution < 1.29 is 9.53 Å². The maximum absolute atomic E-state index is 12.1. The second-order valence-electron chi connectivity index (χ2n) is 4.37. The molecule has 1 aromatic carbocycles. The van der Waals surface area contributed by atoms with Crippen molar-refractivity contribution in [1.82, 2.24) is 9.55 Å². The van der Waals surface area contributed by atoms with E-state index in [1.807, 2.05) is 42.0 Å². The highest BCUT2D eigenvalue weighted by Gasteiger charge is 2.09. The number of rotatable bonds is 6. The number of hydrogen-bond donors (Lipinski definition) is 0. The highest BCUT2D eigenvalue weighted by molar-refractivity contribution is 5.82. The monoisotopic (exact) mass is 258 g/mol. The van der Waals surface area contributed by atoms with E-state index in [-0.39, 0.29) is 5.78 Å². The summed E-state index contributed by atoms with van der Waals surface area (Å²) in [6.07, 6.45) is 4.41. The molecule has 0 atom stereocenters. The maximum atomic E-state index is 12.1. The molecule has 0 saturated carbocycles. The highest BCUT2D eigenvalue weighted by Crippen LogP contribution is 2.13. The van der Waals surface area contributed by atoms with Gasteiger partial charge >= 0.3 is 0 Å². The smallest absolute Gasteiger partial charge is 0.144 e. The molecule has 100 valence electrons. The van der Waals surface area contributed by atoms with E-state index in [1.165, 1.54) is 0 Å². The van der Waals surface area contributed by atoms with Crippen LogP contribution >= 0.6 is 0 Å². The first kappa shape index (κ1) is 13.3. The zero-order valence-electron chi connectivity index (χ0n) is 11.3. The van der Waals surface area contributed by atoms with Crippen molar-refractivity contribution in [2.75, 3.05) is 7.11 Å². The van der Waals surface area contributed by atoms with Gasteiger partial charge in [0.25, 0.3) is 0 Å². The fourth-order valence-corrected chi connectivity index (χ4v) is 2.04. The molecule has 0 aliphatic rings. The molecule has 0 amide bonds. The Labute approximate surface area is 113 Å². The normalized spacial score (nSPS) is 10.4. The molecule has 2 aromatic rings. The number of imidazole rings is 1. The number of aromatic nitrogens is 2. The van der Waals surface area contributed by atoms with Crippen LogP contribution in [-0.4, -0.2) is 22.4 Å². The van der Waals surface area contributed by atoms with E-state index in [9.17, 15) is 4.79 Å². The predicted molar refractivity (Wildman–Crippen MR) is 73.3 cm³/mol. The second-order valence-corrected chi connectivity index (χ2v) is 4.37. The zero-order valence-corrected chi connectivity index (χ0v) is 11.3. The van der Waals surface area contributed by atoms with Crippen LogP contribution in [0.4, 0.5) is 0 Å². The molecular formula is C15H18N2O2.